The second kappa shape index (κ2) is 8.30. The maximum atomic E-state index is 6.21. The number of hydrogen-bond acceptors (Lipinski definition) is 3. The highest BCUT2D eigenvalue weighted by atomic mass is 35.5. The first kappa shape index (κ1) is 15.4. The number of benzene rings is 1. The van der Waals surface area contributed by atoms with Gasteiger partial charge < -0.3 is 15.0 Å². The minimum atomic E-state index is 0.687. The number of ether oxygens (including phenoxy) is 1. The van der Waals surface area contributed by atoms with Crippen LogP contribution in [0.4, 0.5) is 0 Å². The first-order valence-electron chi connectivity index (χ1n) is 7.25. The topological polar surface area (TPSA) is 24.5 Å². The normalized spacial score (nSPS) is 16.1. The van der Waals surface area contributed by atoms with Crippen molar-refractivity contribution >= 4 is 11.6 Å². The Bertz CT molecular complexity index is 430. The molecule has 20 heavy (non-hydrogen) atoms. The maximum Gasteiger partial charge on any atom is 0.141 e. The van der Waals surface area contributed by atoms with Crippen molar-refractivity contribution in [2.24, 2.45) is 0 Å². The number of allylic oxidation sites excluding steroid dienone is 1. The van der Waals surface area contributed by atoms with E-state index in [1.54, 1.807) is 0 Å². The maximum absolute atomic E-state index is 6.21. The third-order valence-electron chi connectivity index (χ3n) is 3.49. The zero-order valence-electron chi connectivity index (χ0n) is 11.9. The molecule has 2 rings (SSSR count). The second-order valence-corrected chi connectivity index (χ2v) is 5.42. The molecule has 4 heteroatoms. The Morgan fingerprint density at radius 2 is 2.15 bits per heavy atom. The summed E-state index contributed by atoms with van der Waals surface area (Å²) in [6.07, 6.45) is 3.69. The van der Waals surface area contributed by atoms with E-state index in [1.165, 1.54) is 0 Å². The summed E-state index contributed by atoms with van der Waals surface area (Å²) in [5.41, 5.74) is 1.11. The minimum Gasteiger partial charge on any atom is -0.492 e. The SMILES string of the molecule is C=CCc1cccc(Cl)c1OCCCN1CCNCC1. The summed E-state index contributed by atoms with van der Waals surface area (Å²) >= 11 is 6.21. The highest BCUT2D eigenvalue weighted by Crippen LogP contribution is 2.29. The van der Waals surface area contributed by atoms with E-state index in [2.05, 4.69) is 16.8 Å². The van der Waals surface area contributed by atoms with E-state index < -0.39 is 0 Å². The Morgan fingerprint density at radius 3 is 2.90 bits per heavy atom. The molecule has 0 aromatic heterocycles. The van der Waals surface area contributed by atoms with Crippen LogP contribution >= 0.6 is 11.6 Å². The predicted octanol–water partition coefficient (Wildman–Crippen LogP) is 2.74. The van der Waals surface area contributed by atoms with Gasteiger partial charge in [-0.1, -0.05) is 29.8 Å². The van der Waals surface area contributed by atoms with Gasteiger partial charge in [-0.25, -0.2) is 0 Å². The van der Waals surface area contributed by atoms with Crippen LogP contribution in [-0.4, -0.2) is 44.2 Å². The van der Waals surface area contributed by atoms with Crippen molar-refractivity contribution in [3.63, 3.8) is 0 Å². The van der Waals surface area contributed by atoms with E-state index in [1.807, 2.05) is 24.3 Å². The molecule has 0 atom stereocenters. The van der Waals surface area contributed by atoms with E-state index in [0.29, 0.717) is 11.6 Å². The van der Waals surface area contributed by atoms with Crippen LogP contribution in [0.1, 0.15) is 12.0 Å². The fourth-order valence-corrected chi connectivity index (χ4v) is 2.68. The Hall–Kier alpha value is -1.03. The lowest BCUT2D eigenvalue weighted by Crippen LogP contribution is -2.43. The summed E-state index contributed by atoms with van der Waals surface area (Å²) in [6.45, 7) is 10.0. The fourth-order valence-electron chi connectivity index (χ4n) is 2.43. The highest BCUT2D eigenvalue weighted by molar-refractivity contribution is 6.32. The average molecular weight is 295 g/mol. The highest BCUT2D eigenvalue weighted by Gasteiger charge is 2.10. The van der Waals surface area contributed by atoms with E-state index >= 15 is 0 Å². The number of hydrogen-bond donors (Lipinski definition) is 1. The van der Waals surface area contributed by atoms with Crippen molar-refractivity contribution in [2.75, 3.05) is 39.3 Å². The van der Waals surface area contributed by atoms with Gasteiger partial charge in [0.25, 0.3) is 0 Å². The molecule has 110 valence electrons. The first-order valence-corrected chi connectivity index (χ1v) is 7.63. The summed E-state index contributed by atoms with van der Waals surface area (Å²) in [5.74, 6) is 0.814. The molecule has 1 aliphatic heterocycles. The van der Waals surface area contributed by atoms with Crippen LogP contribution in [0.5, 0.6) is 5.75 Å². The molecule has 0 spiro atoms. The number of nitrogens with zero attached hydrogens (tertiary/aromatic N) is 1. The molecule has 0 radical (unpaired) electrons. The van der Waals surface area contributed by atoms with Crippen LogP contribution in [0.25, 0.3) is 0 Å². The lowest BCUT2D eigenvalue weighted by molar-refractivity contribution is 0.213. The van der Waals surface area contributed by atoms with Crippen molar-refractivity contribution in [2.45, 2.75) is 12.8 Å². The van der Waals surface area contributed by atoms with E-state index in [0.717, 1.165) is 56.9 Å². The zero-order valence-corrected chi connectivity index (χ0v) is 12.7. The lowest BCUT2D eigenvalue weighted by Gasteiger charge is -2.27. The van der Waals surface area contributed by atoms with Crippen LogP contribution in [0.3, 0.4) is 0 Å². The molecule has 0 bridgehead atoms. The smallest absolute Gasteiger partial charge is 0.141 e. The summed E-state index contributed by atoms with van der Waals surface area (Å²) in [5, 5.41) is 4.05. The molecule has 1 N–H and O–H groups in total. The van der Waals surface area contributed by atoms with Gasteiger partial charge in [-0.3, -0.25) is 0 Å². The number of para-hydroxylation sites is 1. The van der Waals surface area contributed by atoms with Crippen LogP contribution in [0, 0.1) is 0 Å². The Labute approximate surface area is 126 Å². The van der Waals surface area contributed by atoms with Gasteiger partial charge in [0.15, 0.2) is 0 Å². The summed E-state index contributed by atoms with van der Waals surface area (Å²) < 4.78 is 5.89. The molecule has 0 unspecified atom stereocenters. The van der Waals surface area contributed by atoms with Crippen molar-refractivity contribution in [1.82, 2.24) is 10.2 Å². The summed E-state index contributed by atoms with van der Waals surface area (Å²) in [4.78, 5) is 2.47. The minimum absolute atomic E-state index is 0.687. The van der Waals surface area contributed by atoms with Gasteiger partial charge in [0, 0.05) is 32.7 Å². The Morgan fingerprint density at radius 1 is 1.35 bits per heavy atom. The number of nitrogens with one attached hydrogen (secondary N) is 1. The molecule has 1 aromatic carbocycles. The number of halogens is 1. The third kappa shape index (κ3) is 4.51. The van der Waals surface area contributed by atoms with Crippen molar-refractivity contribution < 1.29 is 4.74 Å². The molecule has 0 saturated carbocycles. The van der Waals surface area contributed by atoms with E-state index in [4.69, 9.17) is 16.3 Å². The predicted molar refractivity (Wildman–Crippen MR) is 84.8 cm³/mol. The van der Waals surface area contributed by atoms with E-state index in [9.17, 15) is 0 Å². The fraction of sp³-hybridized carbons (Fsp3) is 0.500. The molecule has 1 saturated heterocycles. The number of rotatable bonds is 7. The lowest BCUT2D eigenvalue weighted by atomic mass is 10.1. The molecule has 0 aliphatic carbocycles. The monoisotopic (exact) mass is 294 g/mol. The molecular formula is C16H23ClN2O. The molecule has 1 aliphatic rings. The first-order chi connectivity index (χ1) is 9.81. The number of piperazine rings is 1. The molecule has 3 nitrogen and oxygen atoms in total. The second-order valence-electron chi connectivity index (χ2n) is 5.01. The van der Waals surface area contributed by atoms with Gasteiger partial charge in [0.05, 0.1) is 11.6 Å². The van der Waals surface area contributed by atoms with Gasteiger partial charge in [-0.15, -0.1) is 6.58 Å². The van der Waals surface area contributed by atoms with Gasteiger partial charge in [-0.2, -0.15) is 0 Å². The van der Waals surface area contributed by atoms with Gasteiger partial charge in [-0.05, 0) is 24.5 Å². The van der Waals surface area contributed by atoms with Crippen LogP contribution in [0.2, 0.25) is 5.02 Å². The molecular weight excluding hydrogens is 272 g/mol. The van der Waals surface area contributed by atoms with E-state index in [-0.39, 0.29) is 0 Å². The summed E-state index contributed by atoms with van der Waals surface area (Å²) in [7, 11) is 0. The van der Waals surface area contributed by atoms with Gasteiger partial charge in [0.1, 0.15) is 5.75 Å². The van der Waals surface area contributed by atoms with Crippen LogP contribution < -0.4 is 10.1 Å². The molecule has 0 amide bonds. The standard InChI is InChI=1S/C16H23ClN2O/c1-2-5-14-6-3-7-15(17)16(14)20-13-4-10-19-11-8-18-9-12-19/h2-3,6-7,18H,1,4-5,8-13H2. The van der Waals surface area contributed by atoms with Crippen molar-refractivity contribution in [3.8, 4) is 5.75 Å². The largest absolute Gasteiger partial charge is 0.492 e. The molecule has 1 fully saturated rings. The van der Waals surface area contributed by atoms with Crippen LogP contribution in [0.15, 0.2) is 30.9 Å². The third-order valence-corrected chi connectivity index (χ3v) is 3.79. The Balaban J connectivity index is 1.79. The molecule has 1 heterocycles. The van der Waals surface area contributed by atoms with Crippen LogP contribution in [-0.2, 0) is 6.42 Å². The van der Waals surface area contributed by atoms with Gasteiger partial charge >= 0.3 is 0 Å². The van der Waals surface area contributed by atoms with Gasteiger partial charge in [0.2, 0.25) is 0 Å². The zero-order chi connectivity index (χ0) is 14.2. The Kier molecular flexibility index (Phi) is 6.37. The summed E-state index contributed by atoms with van der Waals surface area (Å²) in [6, 6.07) is 5.87. The molecule has 1 aromatic rings. The average Bonchev–Trinajstić information content (AvgIpc) is 2.47. The van der Waals surface area contributed by atoms with Crippen molar-refractivity contribution in [3.05, 3.63) is 41.4 Å². The van der Waals surface area contributed by atoms with Crippen molar-refractivity contribution in [1.29, 1.82) is 0 Å². The quantitative estimate of drug-likeness (QED) is 0.618.